The average Bonchev–Trinajstić information content (AvgIpc) is 2.47. The Morgan fingerprint density at radius 2 is 1.05 bits per heavy atom. The zero-order valence-electron chi connectivity index (χ0n) is 14.3. The molecule has 0 saturated heterocycles. The quantitative estimate of drug-likeness (QED) is 0.222. The van der Waals surface area contributed by atoms with Gasteiger partial charge in [-0.1, -0.05) is 104 Å². The molecular formula is C19H40S. The largest absolute Gasteiger partial charge is 0.179 e. The van der Waals surface area contributed by atoms with Crippen molar-refractivity contribution in [1.29, 1.82) is 0 Å². The molecule has 0 aliphatic heterocycles. The summed E-state index contributed by atoms with van der Waals surface area (Å²) < 4.78 is 0. The monoisotopic (exact) mass is 300 g/mol. The summed E-state index contributed by atoms with van der Waals surface area (Å²) in [6, 6.07) is 0. The summed E-state index contributed by atoms with van der Waals surface area (Å²) >= 11 is 4.28. The molecule has 122 valence electrons. The van der Waals surface area contributed by atoms with Crippen molar-refractivity contribution in [3.63, 3.8) is 0 Å². The predicted octanol–water partition coefficient (Wildman–Crippen LogP) is 7.42. The molecule has 20 heavy (non-hydrogen) atoms. The van der Waals surface area contributed by atoms with Gasteiger partial charge in [-0.3, -0.25) is 0 Å². The van der Waals surface area contributed by atoms with Gasteiger partial charge in [-0.25, -0.2) is 0 Å². The molecule has 0 heterocycles. The second-order valence-corrected chi connectivity index (χ2v) is 6.91. The maximum absolute atomic E-state index is 4.28. The van der Waals surface area contributed by atoms with E-state index in [0.717, 1.165) is 11.7 Å². The molecule has 1 heteroatoms. The van der Waals surface area contributed by atoms with E-state index in [1.54, 1.807) is 0 Å². The zero-order chi connectivity index (χ0) is 14.9. The van der Waals surface area contributed by atoms with Gasteiger partial charge in [0, 0.05) is 0 Å². The van der Waals surface area contributed by atoms with Crippen LogP contribution in [0.4, 0.5) is 0 Å². The molecule has 0 rings (SSSR count). The van der Waals surface area contributed by atoms with Crippen LogP contribution in [0.25, 0.3) is 0 Å². The lowest BCUT2D eigenvalue weighted by molar-refractivity contribution is 0.396. The van der Waals surface area contributed by atoms with E-state index < -0.39 is 0 Å². The van der Waals surface area contributed by atoms with Crippen LogP contribution in [0.3, 0.4) is 0 Å². The molecule has 0 aliphatic rings. The standard InChI is InChI=1S/C19H40S/c1-3-5-6-7-8-9-10-11-13-16-19(4-2)17-14-12-15-18-20/h19-20H,3-18H2,1-2H3. The number of hydrogen-bond acceptors (Lipinski definition) is 1. The molecule has 0 nitrogen and oxygen atoms in total. The fraction of sp³-hybridized carbons (Fsp3) is 1.00. The van der Waals surface area contributed by atoms with Crippen LogP contribution >= 0.6 is 12.6 Å². The van der Waals surface area contributed by atoms with Gasteiger partial charge >= 0.3 is 0 Å². The van der Waals surface area contributed by atoms with Crippen molar-refractivity contribution in [1.82, 2.24) is 0 Å². The smallest absolute Gasteiger partial charge is 0.00979 e. The van der Waals surface area contributed by atoms with E-state index in [9.17, 15) is 0 Å². The number of hydrogen-bond donors (Lipinski definition) is 1. The summed E-state index contributed by atoms with van der Waals surface area (Å²) in [5.74, 6) is 2.06. The fourth-order valence-electron chi connectivity index (χ4n) is 3.02. The molecule has 0 radical (unpaired) electrons. The first-order valence-corrected chi connectivity index (χ1v) is 10.1. The molecule has 1 atom stereocenters. The maximum atomic E-state index is 4.28. The molecule has 0 saturated carbocycles. The van der Waals surface area contributed by atoms with Crippen molar-refractivity contribution in [3.05, 3.63) is 0 Å². The highest BCUT2D eigenvalue weighted by Gasteiger charge is 2.05. The van der Waals surface area contributed by atoms with Gasteiger partial charge in [-0.2, -0.15) is 12.6 Å². The van der Waals surface area contributed by atoms with Gasteiger partial charge in [0.05, 0.1) is 0 Å². The minimum absolute atomic E-state index is 1.000. The van der Waals surface area contributed by atoms with Crippen LogP contribution in [0.5, 0.6) is 0 Å². The van der Waals surface area contributed by atoms with E-state index in [0.29, 0.717) is 0 Å². The topological polar surface area (TPSA) is 0 Å². The van der Waals surface area contributed by atoms with Gasteiger partial charge in [0.2, 0.25) is 0 Å². The second-order valence-electron chi connectivity index (χ2n) is 6.46. The highest BCUT2D eigenvalue weighted by Crippen LogP contribution is 2.21. The average molecular weight is 301 g/mol. The highest BCUT2D eigenvalue weighted by atomic mass is 32.1. The van der Waals surface area contributed by atoms with Crippen molar-refractivity contribution in [2.75, 3.05) is 5.75 Å². The normalized spacial score (nSPS) is 12.8. The summed E-state index contributed by atoms with van der Waals surface area (Å²) in [4.78, 5) is 0. The Kier molecular flexibility index (Phi) is 17.7. The number of thiol groups is 1. The minimum atomic E-state index is 1.000. The third-order valence-corrected chi connectivity index (χ3v) is 4.88. The van der Waals surface area contributed by atoms with E-state index >= 15 is 0 Å². The van der Waals surface area contributed by atoms with Crippen molar-refractivity contribution in [2.24, 2.45) is 5.92 Å². The molecule has 0 N–H and O–H groups in total. The van der Waals surface area contributed by atoms with E-state index in [4.69, 9.17) is 0 Å². The molecule has 0 amide bonds. The van der Waals surface area contributed by atoms with E-state index in [1.807, 2.05) is 0 Å². The number of unbranched alkanes of at least 4 members (excludes halogenated alkanes) is 10. The van der Waals surface area contributed by atoms with Crippen LogP contribution in [0.2, 0.25) is 0 Å². The Hall–Kier alpha value is 0.350. The van der Waals surface area contributed by atoms with Crippen molar-refractivity contribution in [3.8, 4) is 0 Å². The first kappa shape index (κ1) is 20.3. The van der Waals surface area contributed by atoms with E-state index in [1.165, 1.54) is 96.3 Å². The van der Waals surface area contributed by atoms with Crippen LogP contribution in [0.15, 0.2) is 0 Å². The molecule has 0 aromatic carbocycles. The maximum Gasteiger partial charge on any atom is -0.00979 e. The van der Waals surface area contributed by atoms with Crippen LogP contribution in [0.1, 0.15) is 110 Å². The van der Waals surface area contributed by atoms with E-state index in [2.05, 4.69) is 26.5 Å². The van der Waals surface area contributed by atoms with Gasteiger partial charge in [0.1, 0.15) is 0 Å². The lowest BCUT2D eigenvalue weighted by Crippen LogP contribution is -1.99. The van der Waals surface area contributed by atoms with Crippen molar-refractivity contribution >= 4 is 12.6 Å². The van der Waals surface area contributed by atoms with Crippen LogP contribution in [0, 0.1) is 5.92 Å². The Balaban J connectivity index is 3.24. The molecule has 0 aliphatic carbocycles. The van der Waals surface area contributed by atoms with E-state index in [-0.39, 0.29) is 0 Å². The predicted molar refractivity (Wildman–Crippen MR) is 97.9 cm³/mol. The van der Waals surface area contributed by atoms with Gasteiger partial charge in [-0.05, 0) is 18.1 Å². The molecule has 0 bridgehead atoms. The summed E-state index contributed by atoms with van der Waals surface area (Å²) in [7, 11) is 0. The Morgan fingerprint density at radius 3 is 1.50 bits per heavy atom. The number of rotatable bonds is 16. The summed E-state index contributed by atoms with van der Waals surface area (Å²) in [5, 5.41) is 0. The van der Waals surface area contributed by atoms with Crippen LogP contribution in [-0.4, -0.2) is 5.75 Å². The van der Waals surface area contributed by atoms with Crippen molar-refractivity contribution < 1.29 is 0 Å². The first-order chi connectivity index (χ1) is 9.85. The Labute approximate surface area is 134 Å². The lowest BCUT2D eigenvalue weighted by atomic mass is 9.92. The molecule has 0 aromatic heterocycles. The van der Waals surface area contributed by atoms with Crippen LogP contribution in [-0.2, 0) is 0 Å². The first-order valence-electron chi connectivity index (χ1n) is 9.46. The second kappa shape index (κ2) is 17.4. The van der Waals surface area contributed by atoms with Gasteiger partial charge in [0.15, 0.2) is 0 Å². The zero-order valence-corrected chi connectivity index (χ0v) is 15.2. The molecular weight excluding hydrogens is 260 g/mol. The molecule has 0 aromatic rings. The van der Waals surface area contributed by atoms with Crippen molar-refractivity contribution in [2.45, 2.75) is 110 Å². The Bertz CT molecular complexity index is 167. The molecule has 1 unspecified atom stereocenters. The van der Waals surface area contributed by atoms with Crippen LogP contribution < -0.4 is 0 Å². The molecule has 0 fully saturated rings. The SMILES string of the molecule is CCCCCCCCCCCC(CC)CCCCCS. The lowest BCUT2D eigenvalue weighted by Gasteiger charge is -2.14. The summed E-state index contributed by atoms with van der Waals surface area (Å²) in [6.07, 6.45) is 21.5. The van der Waals surface area contributed by atoms with Gasteiger partial charge < -0.3 is 0 Å². The Morgan fingerprint density at radius 1 is 0.600 bits per heavy atom. The summed E-state index contributed by atoms with van der Waals surface area (Å²) in [5.41, 5.74) is 0. The minimum Gasteiger partial charge on any atom is -0.179 e. The third kappa shape index (κ3) is 14.8. The molecule has 0 spiro atoms. The van der Waals surface area contributed by atoms with Gasteiger partial charge in [-0.15, -0.1) is 0 Å². The third-order valence-electron chi connectivity index (χ3n) is 4.56. The highest BCUT2D eigenvalue weighted by molar-refractivity contribution is 7.80. The van der Waals surface area contributed by atoms with Gasteiger partial charge in [0.25, 0.3) is 0 Å². The fourth-order valence-corrected chi connectivity index (χ4v) is 3.24. The summed E-state index contributed by atoms with van der Waals surface area (Å²) in [6.45, 7) is 4.67.